The molecule has 6 rings (SSSR count). The molecule has 4 aromatic rings. The Kier molecular flexibility index (Phi) is 7.52. The monoisotopic (exact) mass is 493 g/mol. The van der Waals surface area contributed by atoms with E-state index in [9.17, 15) is 4.79 Å². The molecule has 0 unspecified atom stereocenters. The molecule has 0 amide bonds. The van der Waals surface area contributed by atoms with E-state index in [1.165, 1.54) is 11.1 Å². The number of aryl methyl sites for hydroxylation is 1. The van der Waals surface area contributed by atoms with Crippen molar-refractivity contribution in [1.29, 1.82) is 0 Å². The molecule has 0 atom stereocenters. The molecular formula is C32H35N3O2. The first-order valence-electron chi connectivity index (χ1n) is 13.4. The van der Waals surface area contributed by atoms with Crippen LogP contribution < -0.4 is 10.3 Å². The summed E-state index contributed by atoms with van der Waals surface area (Å²) < 4.78 is 7.65. The van der Waals surface area contributed by atoms with Crippen molar-refractivity contribution in [3.05, 3.63) is 129 Å². The number of aromatic nitrogens is 2. The van der Waals surface area contributed by atoms with Crippen molar-refractivity contribution in [3.63, 3.8) is 0 Å². The highest BCUT2D eigenvalue weighted by Gasteiger charge is 2.27. The maximum Gasteiger partial charge on any atom is 0.259 e. The Labute approximate surface area is 219 Å². The third-order valence-electron chi connectivity index (χ3n) is 7.24. The maximum atomic E-state index is 14.1. The van der Waals surface area contributed by atoms with Crippen molar-refractivity contribution in [3.8, 4) is 5.75 Å². The molecule has 5 heteroatoms. The van der Waals surface area contributed by atoms with Crippen LogP contribution in [0.3, 0.4) is 0 Å². The molecule has 2 aliphatic rings. The molecule has 0 spiro atoms. The van der Waals surface area contributed by atoms with E-state index in [0.717, 1.165) is 66.5 Å². The summed E-state index contributed by atoms with van der Waals surface area (Å²) in [7, 11) is 0. The SMILES string of the molecule is CC.Cc1nc2c(c(=O)n1C(c1ccccc1)c1ccccc1)CN(Cc1cccc3c1CCO3)CC2. The molecule has 2 aliphatic heterocycles. The minimum atomic E-state index is -0.215. The number of benzene rings is 3. The summed E-state index contributed by atoms with van der Waals surface area (Å²) in [5, 5.41) is 0. The zero-order valence-electron chi connectivity index (χ0n) is 22.0. The lowest BCUT2D eigenvalue weighted by Crippen LogP contribution is -2.40. The summed E-state index contributed by atoms with van der Waals surface area (Å²) in [5.41, 5.74) is 6.61. The summed E-state index contributed by atoms with van der Waals surface area (Å²) >= 11 is 0. The average Bonchev–Trinajstić information content (AvgIpc) is 3.44. The van der Waals surface area contributed by atoms with Crippen LogP contribution in [-0.2, 0) is 25.9 Å². The van der Waals surface area contributed by atoms with Crippen molar-refractivity contribution in [2.45, 2.75) is 52.7 Å². The second-order valence-corrected chi connectivity index (χ2v) is 9.44. The van der Waals surface area contributed by atoms with E-state index in [1.807, 2.05) is 61.7 Å². The first-order valence-corrected chi connectivity index (χ1v) is 13.4. The molecule has 0 bridgehead atoms. The normalized spacial score (nSPS) is 14.4. The summed E-state index contributed by atoms with van der Waals surface area (Å²) in [6, 6.07) is 26.6. The van der Waals surface area contributed by atoms with E-state index in [0.29, 0.717) is 6.54 Å². The molecule has 0 saturated heterocycles. The van der Waals surface area contributed by atoms with Crippen molar-refractivity contribution >= 4 is 0 Å². The van der Waals surface area contributed by atoms with Gasteiger partial charge >= 0.3 is 0 Å². The minimum Gasteiger partial charge on any atom is -0.493 e. The topological polar surface area (TPSA) is 47.4 Å². The first kappa shape index (κ1) is 25.0. The largest absolute Gasteiger partial charge is 0.493 e. The summed E-state index contributed by atoms with van der Waals surface area (Å²) in [6.07, 6.45) is 1.75. The van der Waals surface area contributed by atoms with Crippen LogP contribution in [0.1, 0.15) is 59.2 Å². The van der Waals surface area contributed by atoms with Crippen molar-refractivity contribution in [1.82, 2.24) is 14.5 Å². The second-order valence-electron chi connectivity index (χ2n) is 9.44. The van der Waals surface area contributed by atoms with Gasteiger partial charge in [0.05, 0.1) is 23.9 Å². The van der Waals surface area contributed by atoms with Crippen LogP contribution in [0.15, 0.2) is 83.7 Å². The van der Waals surface area contributed by atoms with E-state index in [1.54, 1.807) is 0 Å². The number of rotatable bonds is 5. The number of hydrogen-bond donors (Lipinski definition) is 0. The fraction of sp³-hybridized carbons (Fsp3) is 0.312. The lowest BCUT2D eigenvalue weighted by atomic mass is 9.97. The Morgan fingerprint density at radius 3 is 2.22 bits per heavy atom. The van der Waals surface area contributed by atoms with Crippen molar-refractivity contribution in [2.75, 3.05) is 13.2 Å². The fourth-order valence-electron chi connectivity index (χ4n) is 5.55. The Balaban J connectivity index is 0.00000137. The van der Waals surface area contributed by atoms with Gasteiger partial charge in [-0.25, -0.2) is 4.98 Å². The maximum absolute atomic E-state index is 14.1. The smallest absolute Gasteiger partial charge is 0.259 e. The lowest BCUT2D eigenvalue weighted by molar-refractivity contribution is 0.239. The molecule has 0 radical (unpaired) electrons. The highest BCUT2D eigenvalue weighted by atomic mass is 16.5. The van der Waals surface area contributed by atoms with E-state index in [4.69, 9.17) is 9.72 Å². The Hall–Kier alpha value is -3.70. The lowest BCUT2D eigenvalue weighted by Gasteiger charge is -2.31. The molecular weight excluding hydrogens is 458 g/mol. The molecule has 0 N–H and O–H groups in total. The number of ether oxygens (including phenoxy) is 1. The predicted octanol–water partition coefficient (Wildman–Crippen LogP) is 5.71. The standard InChI is InChI=1S/C30H29N3O2.C2H6/c1-21-31-27-15-17-32(19-24-13-8-14-28-25(24)16-18-35-28)20-26(27)30(34)33(21)29(22-9-4-2-5-10-22)23-11-6-3-7-12-23;1-2/h2-14,29H,15-20H2,1H3;1-2H3. The van der Waals surface area contributed by atoms with Gasteiger partial charge in [-0.1, -0.05) is 86.6 Å². The molecule has 0 aliphatic carbocycles. The highest BCUT2D eigenvalue weighted by Crippen LogP contribution is 2.31. The van der Waals surface area contributed by atoms with Gasteiger partial charge in [0.25, 0.3) is 5.56 Å². The van der Waals surface area contributed by atoms with Crippen LogP contribution >= 0.6 is 0 Å². The van der Waals surface area contributed by atoms with Gasteiger partial charge in [0.15, 0.2) is 0 Å². The fourth-order valence-corrected chi connectivity index (χ4v) is 5.55. The highest BCUT2D eigenvalue weighted by molar-refractivity contribution is 5.43. The molecule has 190 valence electrons. The Morgan fingerprint density at radius 2 is 1.54 bits per heavy atom. The zero-order valence-corrected chi connectivity index (χ0v) is 22.0. The average molecular weight is 494 g/mol. The summed E-state index contributed by atoms with van der Waals surface area (Å²) in [6.45, 7) is 9.04. The van der Waals surface area contributed by atoms with E-state index >= 15 is 0 Å². The Morgan fingerprint density at radius 1 is 0.865 bits per heavy atom. The van der Waals surface area contributed by atoms with E-state index < -0.39 is 0 Å². The van der Waals surface area contributed by atoms with Crippen LogP contribution in [0.5, 0.6) is 5.75 Å². The van der Waals surface area contributed by atoms with Gasteiger partial charge in [-0.2, -0.15) is 0 Å². The Bertz CT molecular complexity index is 1370. The number of fused-ring (bicyclic) bond motifs is 2. The van der Waals surface area contributed by atoms with Gasteiger partial charge in [0, 0.05) is 38.0 Å². The minimum absolute atomic E-state index is 0.0662. The van der Waals surface area contributed by atoms with E-state index in [2.05, 4.69) is 47.4 Å². The van der Waals surface area contributed by atoms with Gasteiger partial charge in [-0.3, -0.25) is 14.3 Å². The third kappa shape index (κ3) is 4.96. The van der Waals surface area contributed by atoms with Gasteiger partial charge in [-0.15, -0.1) is 0 Å². The van der Waals surface area contributed by atoms with Gasteiger partial charge < -0.3 is 4.74 Å². The summed E-state index contributed by atoms with van der Waals surface area (Å²) in [5.74, 6) is 1.77. The molecule has 37 heavy (non-hydrogen) atoms. The third-order valence-corrected chi connectivity index (χ3v) is 7.24. The van der Waals surface area contributed by atoms with Crippen LogP contribution in [-0.4, -0.2) is 27.6 Å². The van der Waals surface area contributed by atoms with Gasteiger partial charge in [0.2, 0.25) is 0 Å². The molecule has 5 nitrogen and oxygen atoms in total. The zero-order chi connectivity index (χ0) is 25.8. The molecule has 1 aromatic heterocycles. The second kappa shape index (κ2) is 11.1. The van der Waals surface area contributed by atoms with E-state index in [-0.39, 0.29) is 11.6 Å². The van der Waals surface area contributed by atoms with Crippen molar-refractivity contribution in [2.24, 2.45) is 0 Å². The van der Waals surface area contributed by atoms with Crippen LogP contribution in [0.25, 0.3) is 0 Å². The first-order chi connectivity index (χ1) is 18.2. The van der Waals surface area contributed by atoms with Crippen LogP contribution in [0, 0.1) is 6.92 Å². The number of nitrogens with zero attached hydrogens (tertiary/aromatic N) is 3. The molecule has 3 aromatic carbocycles. The number of hydrogen-bond acceptors (Lipinski definition) is 4. The van der Waals surface area contributed by atoms with Crippen LogP contribution in [0.4, 0.5) is 0 Å². The van der Waals surface area contributed by atoms with Gasteiger partial charge in [-0.05, 0) is 29.7 Å². The molecule has 3 heterocycles. The van der Waals surface area contributed by atoms with Crippen LogP contribution in [0.2, 0.25) is 0 Å². The summed E-state index contributed by atoms with van der Waals surface area (Å²) in [4.78, 5) is 21.4. The van der Waals surface area contributed by atoms with Gasteiger partial charge in [0.1, 0.15) is 11.6 Å². The predicted molar refractivity (Wildman–Crippen MR) is 148 cm³/mol. The quantitative estimate of drug-likeness (QED) is 0.357. The molecule has 0 fully saturated rings. The molecule has 0 saturated carbocycles. The van der Waals surface area contributed by atoms with Crippen molar-refractivity contribution < 1.29 is 4.74 Å².